The fraction of sp³-hybridized carbons (Fsp3) is 0.571. The monoisotopic (exact) mass is 247 g/mol. The van der Waals surface area contributed by atoms with Crippen molar-refractivity contribution in [2.24, 2.45) is 0 Å². The molecule has 0 spiro atoms. The minimum atomic E-state index is -0.481. The molecule has 0 bridgehead atoms. The van der Waals surface area contributed by atoms with Crippen molar-refractivity contribution in [3.8, 4) is 0 Å². The largest absolute Gasteiger partial charge is 0.348 e. The van der Waals surface area contributed by atoms with Crippen LogP contribution in [0, 0.1) is 0 Å². The highest BCUT2D eigenvalue weighted by atomic mass is 16.2. The predicted molar refractivity (Wildman–Crippen MR) is 70.9 cm³/mol. The maximum absolute atomic E-state index is 12.2. The Hall–Kier alpha value is -1.42. The maximum atomic E-state index is 12.2. The quantitative estimate of drug-likeness (QED) is 0.863. The van der Waals surface area contributed by atoms with Crippen molar-refractivity contribution in [1.29, 1.82) is 0 Å². The van der Waals surface area contributed by atoms with E-state index in [9.17, 15) is 4.79 Å². The van der Waals surface area contributed by atoms with E-state index >= 15 is 0 Å². The molecular weight excluding hydrogens is 226 g/mol. The molecule has 1 aliphatic heterocycles. The minimum Gasteiger partial charge on any atom is -0.348 e. The molecule has 0 aliphatic carbocycles. The van der Waals surface area contributed by atoms with E-state index in [1.807, 2.05) is 32.2 Å². The van der Waals surface area contributed by atoms with E-state index in [1.54, 1.807) is 6.20 Å². The Kier molecular flexibility index (Phi) is 3.15. The van der Waals surface area contributed by atoms with E-state index in [0.29, 0.717) is 0 Å². The van der Waals surface area contributed by atoms with Crippen LogP contribution in [0.5, 0.6) is 0 Å². The molecule has 0 radical (unpaired) electrons. The summed E-state index contributed by atoms with van der Waals surface area (Å²) in [6.45, 7) is 9.62. The average Bonchev–Trinajstić information content (AvgIpc) is 2.27. The molecule has 1 aliphatic rings. The third-order valence-corrected chi connectivity index (χ3v) is 3.48. The molecule has 0 aromatic carbocycles. The Morgan fingerprint density at radius 3 is 2.72 bits per heavy atom. The lowest BCUT2D eigenvalue weighted by molar-refractivity contribution is -0.140. The van der Waals surface area contributed by atoms with Gasteiger partial charge in [-0.05, 0) is 39.3 Å². The van der Waals surface area contributed by atoms with Crippen LogP contribution in [0.15, 0.2) is 24.5 Å². The summed E-state index contributed by atoms with van der Waals surface area (Å²) in [6.07, 6.45) is 3.62. The van der Waals surface area contributed by atoms with Crippen LogP contribution in [-0.4, -0.2) is 33.4 Å². The van der Waals surface area contributed by atoms with Crippen molar-refractivity contribution < 1.29 is 4.79 Å². The van der Waals surface area contributed by atoms with Gasteiger partial charge in [0.15, 0.2) is 0 Å². The molecule has 1 amide bonds. The molecule has 18 heavy (non-hydrogen) atoms. The van der Waals surface area contributed by atoms with E-state index in [1.165, 1.54) is 0 Å². The summed E-state index contributed by atoms with van der Waals surface area (Å²) in [5.74, 6) is 0.0858. The highest BCUT2D eigenvalue weighted by molar-refractivity contribution is 5.86. The first-order valence-corrected chi connectivity index (χ1v) is 6.28. The van der Waals surface area contributed by atoms with E-state index in [0.717, 1.165) is 18.7 Å². The fourth-order valence-electron chi connectivity index (χ4n) is 2.28. The second-order valence-corrected chi connectivity index (χ2v) is 6.11. The normalized spacial score (nSPS) is 22.6. The molecule has 2 heterocycles. The van der Waals surface area contributed by atoms with Crippen LogP contribution >= 0.6 is 0 Å². The zero-order valence-electron chi connectivity index (χ0n) is 11.5. The van der Waals surface area contributed by atoms with Gasteiger partial charge in [0, 0.05) is 31.0 Å². The second kappa shape index (κ2) is 4.35. The van der Waals surface area contributed by atoms with Gasteiger partial charge in [0.2, 0.25) is 5.91 Å². The molecule has 4 nitrogen and oxygen atoms in total. The van der Waals surface area contributed by atoms with Crippen LogP contribution in [0.2, 0.25) is 0 Å². The van der Waals surface area contributed by atoms with Crippen molar-refractivity contribution >= 4 is 5.91 Å². The van der Waals surface area contributed by atoms with Gasteiger partial charge in [0.1, 0.15) is 0 Å². The number of nitrogens with one attached hydrogen (secondary N) is 1. The first-order chi connectivity index (χ1) is 8.31. The zero-order valence-corrected chi connectivity index (χ0v) is 11.5. The molecule has 4 heteroatoms. The summed E-state index contributed by atoms with van der Waals surface area (Å²) in [7, 11) is 0. The number of aromatic nitrogens is 1. The Labute approximate surface area is 108 Å². The molecule has 1 N–H and O–H groups in total. The van der Waals surface area contributed by atoms with E-state index < -0.39 is 5.54 Å². The Balaban J connectivity index is 2.21. The van der Waals surface area contributed by atoms with Crippen LogP contribution < -0.4 is 5.32 Å². The Bertz CT molecular complexity index is 440. The topological polar surface area (TPSA) is 45.2 Å². The number of carbonyl (C=O) groups is 1. The van der Waals surface area contributed by atoms with Gasteiger partial charge < -0.3 is 5.32 Å². The molecule has 1 fully saturated rings. The first-order valence-electron chi connectivity index (χ1n) is 6.28. The average molecular weight is 247 g/mol. The first kappa shape index (κ1) is 13.0. The van der Waals surface area contributed by atoms with Crippen molar-refractivity contribution in [3.63, 3.8) is 0 Å². The molecule has 0 saturated carbocycles. The van der Waals surface area contributed by atoms with Crippen LogP contribution in [0.25, 0.3) is 0 Å². The standard InChI is InChI=1S/C14H21N3O/c1-13(2)10-17(14(3,4)12(18)16-13)9-11-6-5-7-15-8-11/h5-8H,9-10H2,1-4H3,(H,16,18). The third-order valence-electron chi connectivity index (χ3n) is 3.48. The van der Waals surface area contributed by atoms with E-state index in [-0.39, 0.29) is 11.4 Å². The van der Waals surface area contributed by atoms with Crippen molar-refractivity contribution in [2.75, 3.05) is 6.54 Å². The van der Waals surface area contributed by atoms with Gasteiger partial charge in [-0.3, -0.25) is 14.7 Å². The second-order valence-electron chi connectivity index (χ2n) is 6.11. The SMILES string of the molecule is CC1(C)CN(Cc2cccnc2)C(C)(C)C(=O)N1. The lowest BCUT2D eigenvalue weighted by Crippen LogP contribution is -2.68. The molecule has 0 unspecified atom stereocenters. The van der Waals surface area contributed by atoms with Crippen LogP contribution in [-0.2, 0) is 11.3 Å². The van der Waals surface area contributed by atoms with E-state index in [2.05, 4.69) is 29.0 Å². The number of nitrogens with zero attached hydrogens (tertiary/aromatic N) is 2. The molecule has 1 aromatic heterocycles. The predicted octanol–water partition coefficient (Wildman–Crippen LogP) is 1.57. The smallest absolute Gasteiger partial charge is 0.240 e. The maximum Gasteiger partial charge on any atom is 0.240 e. The molecule has 1 aromatic rings. The van der Waals surface area contributed by atoms with Crippen molar-refractivity contribution in [2.45, 2.75) is 45.3 Å². The summed E-state index contributed by atoms with van der Waals surface area (Å²) in [4.78, 5) is 18.5. The number of pyridine rings is 1. The van der Waals surface area contributed by atoms with Crippen molar-refractivity contribution in [1.82, 2.24) is 15.2 Å². The molecule has 98 valence electrons. The van der Waals surface area contributed by atoms with Crippen molar-refractivity contribution in [3.05, 3.63) is 30.1 Å². The highest BCUT2D eigenvalue weighted by Gasteiger charge is 2.43. The Morgan fingerprint density at radius 1 is 1.39 bits per heavy atom. The van der Waals surface area contributed by atoms with Gasteiger partial charge in [0.25, 0.3) is 0 Å². The van der Waals surface area contributed by atoms with Crippen LogP contribution in [0.3, 0.4) is 0 Å². The number of amides is 1. The van der Waals surface area contributed by atoms with Gasteiger partial charge >= 0.3 is 0 Å². The van der Waals surface area contributed by atoms with Gasteiger partial charge in [-0.15, -0.1) is 0 Å². The summed E-state index contributed by atoms with van der Waals surface area (Å²) >= 11 is 0. The summed E-state index contributed by atoms with van der Waals surface area (Å²) in [5.41, 5.74) is 0.469. The summed E-state index contributed by atoms with van der Waals surface area (Å²) in [6, 6.07) is 3.97. The number of hydrogen-bond donors (Lipinski definition) is 1. The molecule has 0 atom stereocenters. The number of rotatable bonds is 2. The van der Waals surface area contributed by atoms with Crippen LogP contribution in [0.1, 0.15) is 33.3 Å². The zero-order chi connectivity index (χ0) is 13.4. The summed E-state index contributed by atoms with van der Waals surface area (Å²) < 4.78 is 0. The minimum absolute atomic E-state index is 0.0858. The highest BCUT2D eigenvalue weighted by Crippen LogP contribution is 2.26. The molecule has 2 rings (SSSR count). The lowest BCUT2D eigenvalue weighted by atomic mass is 9.90. The summed E-state index contributed by atoms with van der Waals surface area (Å²) in [5, 5.41) is 3.07. The van der Waals surface area contributed by atoms with Gasteiger partial charge in [-0.2, -0.15) is 0 Å². The van der Waals surface area contributed by atoms with Gasteiger partial charge in [0.05, 0.1) is 5.54 Å². The Morgan fingerprint density at radius 2 is 2.11 bits per heavy atom. The number of hydrogen-bond acceptors (Lipinski definition) is 3. The van der Waals surface area contributed by atoms with Gasteiger partial charge in [-0.1, -0.05) is 6.07 Å². The van der Waals surface area contributed by atoms with E-state index in [4.69, 9.17) is 0 Å². The molecular formula is C14H21N3O. The lowest BCUT2D eigenvalue weighted by Gasteiger charge is -2.48. The van der Waals surface area contributed by atoms with Gasteiger partial charge in [-0.25, -0.2) is 0 Å². The van der Waals surface area contributed by atoms with Crippen LogP contribution in [0.4, 0.5) is 0 Å². The molecule has 1 saturated heterocycles. The number of carbonyl (C=O) groups excluding carboxylic acids is 1. The fourth-order valence-corrected chi connectivity index (χ4v) is 2.28. The number of piperazine rings is 1. The third kappa shape index (κ3) is 2.53.